The molecule has 1 amide bonds. The summed E-state index contributed by atoms with van der Waals surface area (Å²) in [5.41, 5.74) is 3.38. The van der Waals surface area contributed by atoms with Crippen LogP contribution in [0.3, 0.4) is 0 Å². The van der Waals surface area contributed by atoms with Crippen molar-refractivity contribution in [3.63, 3.8) is 0 Å². The van der Waals surface area contributed by atoms with Gasteiger partial charge in [-0.1, -0.05) is 36.4 Å². The van der Waals surface area contributed by atoms with E-state index < -0.39 is 12.1 Å². The predicted molar refractivity (Wildman–Crippen MR) is 106 cm³/mol. The van der Waals surface area contributed by atoms with E-state index in [2.05, 4.69) is 4.98 Å². The SMILES string of the molecule is Cc1nc2ccccc2c(C)c1C(=O)O[C@H](C)C(=O)N(C)c1ccccc1. The van der Waals surface area contributed by atoms with E-state index in [1.807, 2.05) is 61.5 Å². The lowest BCUT2D eigenvalue weighted by molar-refractivity contribution is -0.126. The van der Waals surface area contributed by atoms with E-state index >= 15 is 0 Å². The first-order valence-electron chi connectivity index (χ1n) is 8.79. The first-order valence-corrected chi connectivity index (χ1v) is 8.79. The molecule has 3 aromatic rings. The van der Waals surface area contributed by atoms with Crippen LogP contribution < -0.4 is 4.90 Å². The molecule has 1 atom stereocenters. The second-order valence-corrected chi connectivity index (χ2v) is 6.49. The zero-order chi connectivity index (χ0) is 19.6. The van der Waals surface area contributed by atoms with E-state index in [9.17, 15) is 9.59 Å². The number of para-hydroxylation sites is 2. The number of carbonyl (C=O) groups is 2. The average Bonchev–Trinajstić information content (AvgIpc) is 2.67. The fourth-order valence-electron chi connectivity index (χ4n) is 3.15. The van der Waals surface area contributed by atoms with Crippen LogP contribution >= 0.6 is 0 Å². The molecule has 0 fully saturated rings. The normalized spacial score (nSPS) is 11.9. The second kappa shape index (κ2) is 7.58. The lowest BCUT2D eigenvalue weighted by Gasteiger charge is -2.22. The number of hydrogen-bond donors (Lipinski definition) is 0. The monoisotopic (exact) mass is 362 g/mol. The molecule has 27 heavy (non-hydrogen) atoms. The van der Waals surface area contributed by atoms with E-state index in [4.69, 9.17) is 4.74 Å². The number of benzene rings is 2. The Bertz CT molecular complexity index is 999. The van der Waals surface area contributed by atoms with Crippen LogP contribution in [0.1, 0.15) is 28.5 Å². The fraction of sp³-hybridized carbons (Fsp3) is 0.227. The zero-order valence-electron chi connectivity index (χ0n) is 15.9. The van der Waals surface area contributed by atoms with Gasteiger partial charge in [0.15, 0.2) is 6.10 Å². The number of amides is 1. The average molecular weight is 362 g/mol. The topological polar surface area (TPSA) is 59.5 Å². The molecule has 5 heteroatoms. The van der Waals surface area contributed by atoms with Gasteiger partial charge in [0.2, 0.25) is 0 Å². The van der Waals surface area contributed by atoms with Gasteiger partial charge in [-0.15, -0.1) is 0 Å². The molecule has 1 heterocycles. The van der Waals surface area contributed by atoms with Gasteiger partial charge in [0.25, 0.3) is 5.91 Å². The number of hydrogen-bond acceptors (Lipinski definition) is 4. The summed E-state index contributed by atoms with van der Waals surface area (Å²) < 4.78 is 5.48. The molecule has 0 aliphatic carbocycles. The van der Waals surface area contributed by atoms with Gasteiger partial charge < -0.3 is 9.64 Å². The van der Waals surface area contributed by atoms with Crippen molar-refractivity contribution in [2.75, 3.05) is 11.9 Å². The van der Waals surface area contributed by atoms with Crippen LogP contribution in [0.2, 0.25) is 0 Å². The van der Waals surface area contributed by atoms with Gasteiger partial charge in [0.05, 0.1) is 16.8 Å². The highest BCUT2D eigenvalue weighted by Crippen LogP contribution is 2.24. The number of aromatic nitrogens is 1. The maximum Gasteiger partial charge on any atom is 0.341 e. The third-order valence-electron chi connectivity index (χ3n) is 4.64. The van der Waals surface area contributed by atoms with E-state index in [1.54, 1.807) is 20.9 Å². The Balaban J connectivity index is 1.83. The Hall–Kier alpha value is -3.21. The lowest BCUT2D eigenvalue weighted by Crippen LogP contribution is -2.37. The number of fused-ring (bicyclic) bond motifs is 1. The summed E-state index contributed by atoms with van der Waals surface area (Å²) in [7, 11) is 1.66. The number of likely N-dealkylation sites (N-methyl/N-ethyl adjacent to an activating group) is 1. The summed E-state index contributed by atoms with van der Waals surface area (Å²) in [5, 5.41) is 0.899. The van der Waals surface area contributed by atoms with Crippen LogP contribution in [-0.4, -0.2) is 30.0 Å². The number of ether oxygens (including phenoxy) is 1. The number of pyridine rings is 1. The van der Waals surface area contributed by atoms with Crippen molar-refractivity contribution >= 4 is 28.5 Å². The molecule has 0 aliphatic heterocycles. The van der Waals surface area contributed by atoms with Gasteiger partial charge in [-0.3, -0.25) is 9.78 Å². The number of esters is 1. The Morgan fingerprint density at radius 3 is 2.33 bits per heavy atom. The lowest BCUT2D eigenvalue weighted by atomic mass is 10.0. The van der Waals surface area contributed by atoms with Gasteiger partial charge >= 0.3 is 5.97 Å². The molecule has 0 aliphatic rings. The standard InChI is InChI=1S/C22H22N2O3/c1-14-18-12-8-9-13-19(18)23-15(2)20(14)22(26)27-16(3)21(25)24(4)17-10-6-5-7-11-17/h5-13,16H,1-4H3/t16-/m1/s1. The predicted octanol–water partition coefficient (Wildman–Crippen LogP) is 4.06. The van der Waals surface area contributed by atoms with Crippen molar-refractivity contribution in [2.24, 2.45) is 0 Å². The molecular weight excluding hydrogens is 340 g/mol. The molecule has 5 nitrogen and oxygen atoms in total. The van der Waals surface area contributed by atoms with Crippen LogP contribution in [0.25, 0.3) is 10.9 Å². The van der Waals surface area contributed by atoms with Crippen LogP contribution in [0.15, 0.2) is 54.6 Å². The molecule has 138 valence electrons. The molecule has 2 aromatic carbocycles. The maximum absolute atomic E-state index is 12.8. The van der Waals surface area contributed by atoms with E-state index in [-0.39, 0.29) is 5.91 Å². The number of anilines is 1. The highest BCUT2D eigenvalue weighted by molar-refractivity contribution is 6.01. The largest absolute Gasteiger partial charge is 0.449 e. The maximum atomic E-state index is 12.8. The minimum absolute atomic E-state index is 0.293. The Morgan fingerprint density at radius 2 is 1.63 bits per heavy atom. The van der Waals surface area contributed by atoms with Crippen LogP contribution in [0.5, 0.6) is 0 Å². The van der Waals surface area contributed by atoms with Crippen LogP contribution in [0, 0.1) is 13.8 Å². The van der Waals surface area contributed by atoms with E-state index in [1.165, 1.54) is 4.90 Å². The Labute approximate surface area is 158 Å². The number of carbonyl (C=O) groups excluding carboxylic acids is 2. The molecule has 0 radical (unpaired) electrons. The molecule has 0 saturated carbocycles. The highest BCUT2D eigenvalue weighted by Gasteiger charge is 2.25. The van der Waals surface area contributed by atoms with Crippen molar-refractivity contribution in [2.45, 2.75) is 26.9 Å². The molecule has 0 unspecified atom stereocenters. The van der Waals surface area contributed by atoms with Crippen molar-refractivity contribution in [1.29, 1.82) is 0 Å². The second-order valence-electron chi connectivity index (χ2n) is 6.49. The summed E-state index contributed by atoms with van der Waals surface area (Å²) in [6.45, 7) is 5.23. The summed E-state index contributed by atoms with van der Waals surface area (Å²) in [5.74, 6) is -0.829. The number of aryl methyl sites for hydroxylation is 2. The van der Waals surface area contributed by atoms with E-state index in [0.29, 0.717) is 11.3 Å². The van der Waals surface area contributed by atoms with E-state index in [0.717, 1.165) is 22.2 Å². The van der Waals surface area contributed by atoms with Gasteiger partial charge in [0.1, 0.15) is 0 Å². The Morgan fingerprint density at radius 1 is 1.00 bits per heavy atom. The van der Waals surface area contributed by atoms with Crippen molar-refractivity contribution in [3.8, 4) is 0 Å². The molecule has 0 spiro atoms. The van der Waals surface area contributed by atoms with Gasteiger partial charge in [0, 0.05) is 18.1 Å². The number of rotatable bonds is 4. The number of nitrogens with zero attached hydrogens (tertiary/aromatic N) is 2. The molecule has 0 bridgehead atoms. The van der Waals surface area contributed by atoms with Crippen LogP contribution in [-0.2, 0) is 9.53 Å². The quantitative estimate of drug-likeness (QED) is 0.657. The zero-order valence-corrected chi connectivity index (χ0v) is 15.9. The first kappa shape index (κ1) is 18.6. The van der Waals surface area contributed by atoms with Gasteiger partial charge in [-0.05, 0) is 44.5 Å². The third-order valence-corrected chi connectivity index (χ3v) is 4.64. The smallest absolute Gasteiger partial charge is 0.341 e. The van der Waals surface area contributed by atoms with Crippen molar-refractivity contribution < 1.29 is 14.3 Å². The molecule has 1 aromatic heterocycles. The fourth-order valence-corrected chi connectivity index (χ4v) is 3.15. The summed E-state index contributed by atoms with van der Waals surface area (Å²) >= 11 is 0. The summed E-state index contributed by atoms with van der Waals surface area (Å²) in [4.78, 5) is 31.4. The summed E-state index contributed by atoms with van der Waals surface area (Å²) in [6.07, 6.45) is -0.909. The first-order chi connectivity index (χ1) is 12.9. The minimum atomic E-state index is -0.909. The molecule has 0 saturated heterocycles. The summed E-state index contributed by atoms with van der Waals surface area (Å²) in [6, 6.07) is 16.9. The Kier molecular flexibility index (Phi) is 5.21. The molecule has 3 rings (SSSR count). The van der Waals surface area contributed by atoms with Crippen molar-refractivity contribution in [1.82, 2.24) is 4.98 Å². The minimum Gasteiger partial charge on any atom is -0.449 e. The van der Waals surface area contributed by atoms with Gasteiger partial charge in [-0.2, -0.15) is 0 Å². The van der Waals surface area contributed by atoms with Crippen LogP contribution in [0.4, 0.5) is 5.69 Å². The van der Waals surface area contributed by atoms with Crippen molar-refractivity contribution in [3.05, 3.63) is 71.4 Å². The highest BCUT2D eigenvalue weighted by atomic mass is 16.5. The van der Waals surface area contributed by atoms with Gasteiger partial charge in [-0.25, -0.2) is 4.79 Å². The molecular formula is C22H22N2O3. The molecule has 0 N–H and O–H groups in total. The third kappa shape index (κ3) is 3.67.